The number of morpholine rings is 1. The molecule has 1 aromatic heterocycles. The standard InChI is InChI=1S/C23H23N3O4/c27-23(25-10-12-28-13-11-25)21-15-26(18-8-4-5-9-19(18)29-21)16-22-24-14-20(30-22)17-6-2-1-3-7-17/h1-9,14,21H,10-13,15-16H2/t21-/m0/s1. The van der Waals surface area contributed by atoms with Gasteiger partial charge in [0.05, 0.1) is 38.2 Å². The fourth-order valence-electron chi connectivity index (χ4n) is 3.86. The Hall–Kier alpha value is -3.32. The van der Waals surface area contributed by atoms with Crippen molar-refractivity contribution in [3.8, 4) is 17.1 Å². The monoisotopic (exact) mass is 405 g/mol. The van der Waals surface area contributed by atoms with E-state index in [2.05, 4.69) is 9.88 Å². The van der Waals surface area contributed by atoms with Gasteiger partial charge in [0, 0.05) is 18.7 Å². The van der Waals surface area contributed by atoms with Gasteiger partial charge in [-0.1, -0.05) is 42.5 Å². The Morgan fingerprint density at radius 3 is 2.63 bits per heavy atom. The summed E-state index contributed by atoms with van der Waals surface area (Å²) in [5, 5.41) is 0. The van der Waals surface area contributed by atoms with Crippen molar-refractivity contribution in [2.45, 2.75) is 12.6 Å². The molecule has 7 heteroatoms. The minimum Gasteiger partial charge on any atom is -0.477 e. The molecule has 5 rings (SSSR count). The highest BCUT2D eigenvalue weighted by molar-refractivity contribution is 5.83. The van der Waals surface area contributed by atoms with Crippen LogP contribution in [0.25, 0.3) is 11.3 Å². The van der Waals surface area contributed by atoms with Gasteiger partial charge in [-0.15, -0.1) is 0 Å². The fourth-order valence-corrected chi connectivity index (χ4v) is 3.86. The number of oxazole rings is 1. The van der Waals surface area contributed by atoms with Gasteiger partial charge in [-0.3, -0.25) is 4.79 Å². The van der Waals surface area contributed by atoms with Crippen LogP contribution >= 0.6 is 0 Å². The maximum absolute atomic E-state index is 13.0. The van der Waals surface area contributed by atoms with Crippen LogP contribution in [0.1, 0.15) is 5.89 Å². The summed E-state index contributed by atoms with van der Waals surface area (Å²) in [6, 6.07) is 17.7. The van der Waals surface area contributed by atoms with Crippen LogP contribution in [0.3, 0.4) is 0 Å². The Morgan fingerprint density at radius 2 is 1.80 bits per heavy atom. The van der Waals surface area contributed by atoms with E-state index in [1.165, 1.54) is 0 Å². The first-order valence-corrected chi connectivity index (χ1v) is 10.2. The summed E-state index contributed by atoms with van der Waals surface area (Å²) in [4.78, 5) is 21.4. The Labute approximate surface area is 174 Å². The Balaban J connectivity index is 1.37. The summed E-state index contributed by atoms with van der Waals surface area (Å²) in [7, 11) is 0. The maximum Gasteiger partial charge on any atom is 0.265 e. The van der Waals surface area contributed by atoms with E-state index in [9.17, 15) is 4.79 Å². The number of fused-ring (bicyclic) bond motifs is 1. The number of carbonyl (C=O) groups excluding carboxylic acids is 1. The molecule has 0 radical (unpaired) electrons. The van der Waals surface area contributed by atoms with E-state index in [0.29, 0.717) is 51.0 Å². The van der Waals surface area contributed by atoms with Crippen LogP contribution in [0.15, 0.2) is 65.2 Å². The Morgan fingerprint density at radius 1 is 1.03 bits per heavy atom. The maximum atomic E-state index is 13.0. The summed E-state index contributed by atoms with van der Waals surface area (Å²) in [6.45, 7) is 3.23. The quantitative estimate of drug-likeness (QED) is 0.665. The second kappa shape index (κ2) is 8.20. The molecule has 1 amide bonds. The van der Waals surface area contributed by atoms with Gasteiger partial charge in [0.1, 0.15) is 5.75 Å². The van der Waals surface area contributed by atoms with E-state index >= 15 is 0 Å². The third-order valence-corrected chi connectivity index (χ3v) is 5.40. The van der Waals surface area contributed by atoms with E-state index in [-0.39, 0.29) is 5.91 Å². The predicted octanol–water partition coefficient (Wildman–Crippen LogP) is 2.97. The molecular formula is C23H23N3O4. The first-order chi connectivity index (χ1) is 14.8. The molecule has 0 spiro atoms. The van der Waals surface area contributed by atoms with Crippen molar-refractivity contribution in [2.24, 2.45) is 0 Å². The number of ether oxygens (including phenoxy) is 2. The summed E-state index contributed by atoms with van der Waals surface area (Å²) in [6.07, 6.45) is 1.18. The highest BCUT2D eigenvalue weighted by atomic mass is 16.5. The first kappa shape index (κ1) is 18.7. The Bertz CT molecular complexity index is 1010. The second-order valence-corrected chi connectivity index (χ2v) is 7.38. The number of benzene rings is 2. The third kappa shape index (κ3) is 3.76. The molecule has 1 atom stereocenters. The van der Waals surface area contributed by atoms with Crippen molar-refractivity contribution in [3.63, 3.8) is 0 Å². The number of hydrogen-bond donors (Lipinski definition) is 0. The van der Waals surface area contributed by atoms with Crippen LogP contribution < -0.4 is 9.64 Å². The van der Waals surface area contributed by atoms with Crippen LogP contribution in [-0.4, -0.2) is 54.7 Å². The van der Waals surface area contributed by atoms with E-state index in [4.69, 9.17) is 13.9 Å². The van der Waals surface area contributed by atoms with Gasteiger partial charge in [-0.05, 0) is 12.1 Å². The van der Waals surface area contributed by atoms with Gasteiger partial charge in [-0.25, -0.2) is 4.98 Å². The van der Waals surface area contributed by atoms with Crippen LogP contribution in [0.5, 0.6) is 5.75 Å². The number of anilines is 1. The lowest BCUT2D eigenvalue weighted by Gasteiger charge is -2.37. The van der Waals surface area contributed by atoms with E-state index in [1.807, 2.05) is 59.5 Å². The zero-order chi connectivity index (χ0) is 20.3. The third-order valence-electron chi connectivity index (χ3n) is 5.40. The lowest BCUT2D eigenvalue weighted by Crippen LogP contribution is -2.52. The molecule has 30 heavy (non-hydrogen) atoms. The van der Waals surface area contributed by atoms with Crippen molar-refractivity contribution < 1.29 is 18.7 Å². The predicted molar refractivity (Wildman–Crippen MR) is 111 cm³/mol. The molecule has 2 aromatic carbocycles. The number of amides is 1. The molecule has 2 aliphatic rings. The van der Waals surface area contributed by atoms with Crippen LogP contribution in [0.2, 0.25) is 0 Å². The second-order valence-electron chi connectivity index (χ2n) is 7.38. The normalized spacial score (nSPS) is 18.6. The molecule has 0 saturated carbocycles. The fraction of sp³-hybridized carbons (Fsp3) is 0.304. The number of carbonyl (C=O) groups is 1. The van der Waals surface area contributed by atoms with Crippen molar-refractivity contribution in [1.82, 2.24) is 9.88 Å². The number of nitrogens with zero attached hydrogens (tertiary/aromatic N) is 3. The molecule has 3 heterocycles. The zero-order valence-electron chi connectivity index (χ0n) is 16.6. The van der Waals surface area contributed by atoms with Crippen molar-refractivity contribution in [1.29, 1.82) is 0 Å². The van der Waals surface area contributed by atoms with Crippen LogP contribution in [0, 0.1) is 0 Å². The van der Waals surface area contributed by atoms with Crippen molar-refractivity contribution >= 4 is 11.6 Å². The molecular weight excluding hydrogens is 382 g/mol. The topological polar surface area (TPSA) is 68.0 Å². The molecule has 0 N–H and O–H groups in total. The molecule has 1 saturated heterocycles. The van der Waals surface area contributed by atoms with Gasteiger partial charge >= 0.3 is 0 Å². The lowest BCUT2D eigenvalue weighted by molar-refractivity contribution is -0.142. The number of hydrogen-bond acceptors (Lipinski definition) is 6. The van der Waals surface area contributed by atoms with Crippen LogP contribution in [0.4, 0.5) is 5.69 Å². The van der Waals surface area contributed by atoms with Gasteiger partial charge in [-0.2, -0.15) is 0 Å². The highest BCUT2D eigenvalue weighted by Gasteiger charge is 2.34. The van der Waals surface area contributed by atoms with Crippen molar-refractivity contribution in [2.75, 3.05) is 37.7 Å². The molecule has 7 nitrogen and oxygen atoms in total. The van der Waals surface area contributed by atoms with Gasteiger partial charge in [0.2, 0.25) is 5.89 Å². The minimum absolute atomic E-state index is 0.00446. The largest absolute Gasteiger partial charge is 0.477 e. The van der Waals surface area contributed by atoms with E-state index in [1.54, 1.807) is 6.20 Å². The van der Waals surface area contributed by atoms with Crippen molar-refractivity contribution in [3.05, 3.63) is 66.7 Å². The van der Waals surface area contributed by atoms with Gasteiger partial charge in [0.25, 0.3) is 5.91 Å². The molecule has 154 valence electrons. The average Bonchev–Trinajstić information content (AvgIpc) is 3.28. The van der Waals surface area contributed by atoms with Gasteiger partial charge in [0.15, 0.2) is 11.9 Å². The lowest BCUT2D eigenvalue weighted by atomic mass is 10.1. The molecule has 0 bridgehead atoms. The van der Waals surface area contributed by atoms with Gasteiger partial charge < -0.3 is 23.7 Å². The van der Waals surface area contributed by atoms with E-state index in [0.717, 1.165) is 17.0 Å². The molecule has 2 aliphatic heterocycles. The minimum atomic E-state index is -0.568. The summed E-state index contributed by atoms with van der Waals surface area (Å²) in [5.41, 5.74) is 1.92. The summed E-state index contributed by atoms with van der Waals surface area (Å²) in [5.74, 6) is 2.02. The number of aromatic nitrogens is 1. The number of rotatable bonds is 4. The number of para-hydroxylation sites is 2. The van der Waals surface area contributed by atoms with Crippen LogP contribution in [-0.2, 0) is 16.1 Å². The molecule has 0 aliphatic carbocycles. The average molecular weight is 405 g/mol. The van der Waals surface area contributed by atoms with E-state index < -0.39 is 6.10 Å². The highest BCUT2D eigenvalue weighted by Crippen LogP contribution is 2.34. The zero-order valence-corrected chi connectivity index (χ0v) is 16.6. The molecule has 3 aromatic rings. The SMILES string of the molecule is O=C([C@@H]1CN(Cc2ncc(-c3ccccc3)o2)c2ccccc2O1)N1CCOCC1. The Kier molecular flexibility index (Phi) is 5.11. The summed E-state index contributed by atoms with van der Waals surface area (Å²) >= 11 is 0. The molecule has 0 unspecified atom stereocenters. The smallest absolute Gasteiger partial charge is 0.265 e. The first-order valence-electron chi connectivity index (χ1n) is 10.2. The summed E-state index contributed by atoms with van der Waals surface area (Å²) < 4.78 is 17.4. The molecule has 1 fully saturated rings.